The molecule has 0 aliphatic heterocycles. The Kier molecular flexibility index (Phi) is 4.72. The van der Waals surface area contributed by atoms with E-state index in [2.05, 4.69) is 10.3 Å². The molecule has 0 saturated carbocycles. The maximum Gasteiger partial charge on any atom is 0.337 e. The molecule has 1 aromatic heterocycles. The van der Waals surface area contributed by atoms with Crippen molar-refractivity contribution in [2.75, 3.05) is 11.9 Å². The smallest absolute Gasteiger partial charge is 0.337 e. The van der Waals surface area contributed by atoms with Crippen LogP contribution in [0.25, 0.3) is 0 Å². The molecule has 0 bridgehead atoms. The molecule has 1 heterocycles. The van der Waals surface area contributed by atoms with Crippen LogP contribution in [0.3, 0.4) is 0 Å². The Morgan fingerprint density at radius 3 is 2.65 bits per heavy atom. The third-order valence-electron chi connectivity index (χ3n) is 2.41. The lowest BCUT2D eigenvalue weighted by Gasteiger charge is -2.21. The maximum atomic E-state index is 10.7. The number of carboxylic acid groups (broad SMARTS) is 1. The summed E-state index contributed by atoms with van der Waals surface area (Å²) in [4.78, 5) is 14.6. The molecule has 6 heteroatoms. The van der Waals surface area contributed by atoms with Crippen molar-refractivity contribution in [3.8, 4) is 0 Å². The highest BCUT2D eigenvalue weighted by Gasteiger charge is 2.15. The summed E-state index contributed by atoms with van der Waals surface area (Å²) in [6, 6.07) is 1.16. The second-order valence-electron chi connectivity index (χ2n) is 4.04. The van der Waals surface area contributed by atoms with E-state index in [1.807, 2.05) is 13.8 Å². The van der Waals surface area contributed by atoms with Gasteiger partial charge in [-0.05, 0) is 12.0 Å². The number of hydrogen-bond donors (Lipinski definition) is 3. The molecule has 5 nitrogen and oxygen atoms in total. The molecule has 0 saturated heterocycles. The topological polar surface area (TPSA) is 82.5 Å². The summed E-state index contributed by atoms with van der Waals surface area (Å²) in [5.41, 5.74) is 0.0330. The van der Waals surface area contributed by atoms with Crippen LogP contribution in [0.4, 0.5) is 5.82 Å². The zero-order valence-electron chi connectivity index (χ0n) is 9.64. The number of aliphatic hydroxyl groups is 1. The number of nitrogens with one attached hydrogen (secondary N) is 1. The van der Waals surface area contributed by atoms with E-state index in [1.165, 1.54) is 12.3 Å². The normalized spacial score (nSPS) is 12.5. The van der Waals surface area contributed by atoms with Crippen LogP contribution >= 0.6 is 11.6 Å². The Hall–Kier alpha value is -1.33. The van der Waals surface area contributed by atoms with Gasteiger partial charge in [0, 0.05) is 6.20 Å². The van der Waals surface area contributed by atoms with E-state index in [1.54, 1.807) is 0 Å². The van der Waals surface area contributed by atoms with E-state index in [0.717, 1.165) is 0 Å². The molecule has 0 amide bonds. The molecule has 0 spiro atoms. The predicted molar refractivity (Wildman–Crippen MR) is 65.5 cm³/mol. The molecule has 3 N–H and O–H groups in total. The fourth-order valence-corrected chi connectivity index (χ4v) is 1.48. The van der Waals surface area contributed by atoms with Crippen molar-refractivity contribution < 1.29 is 15.0 Å². The largest absolute Gasteiger partial charge is 0.478 e. The maximum absolute atomic E-state index is 10.7. The number of anilines is 1. The van der Waals surface area contributed by atoms with E-state index in [-0.39, 0.29) is 29.2 Å². The minimum atomic E-state index is -1.08. The molecule has 1 aromatic rings. The van der Waals surface area contributed by atoms with E-state index in [4.69, 9.17) is 21.8 Å². The summed E-state index contributed by atoms with van der Waals surface area (Å²) in [6.07, 6.45) is 1.23. The molecule has 1 atom stereocenters. The van der Waals surface area contributed by atoms with Gasteiger partial charge in [-0.25, -0.2) is 9.78 Å². The summed E-state index contributed by atoms with van der Waals surface area (Å²) in [6.45, 7) is 3.86. The number of carboxylic acids is 1. The number of rotatable bonds is 5. The van der Waals surface area contributed by atoms with Gasteiger partial charge in [-0.2, -0.15) is 0 Å². The first kappa shape index (κ1) is 13.7. The van der Waals surface area contributed by atoms with Crippen molar-refractivity contribution in [2.24, 2.45) is 5.92 Å². The van der Waals surface area contributed by atoms with Crippen molar-refractivity contribution in [3.05, 3.63) is 22.8 Å². The van der Waals surface area contributed by atoms with Crippen LogP contribution in [0.5, 0.6) is 0 Å². The molecule has 0 aromatic carbocycles. The standard InChI is InChI=1S/C11H15ClN2O3/c1-6(2)9(5-15)14-10-8(12)3-7(4-13-10)11(16)17/h3-4,6,9,15H,5H2,1-2H3,(H,13,14)(H,16,17)/t9-/m1/s1. The Bertz CT molecular complexity index is 410. The molecule has 17 heavy (non-hydrogen) atoms. The van der Waals surface area contributed by atoms with E-state index >= 15 is 0 Å². The highest BCUT2D eigenvalue weighted by atomic mass is 35.5. The predicted octanol–water partition coefficient (Wildman–Crippen LogP) is 1.86. The molecule has 0 fully saturated rings. The average molecular weight is 259 g/mol. The first-order valence-electron chi connectivity index (χ1n) is 5.22. The van der Waals surface area contributed by atoms with Crippen LogP contribution in [0.2, 0.25) is 5.02 Å². The second kappa shape index (κ2) is 5.84. The number of nitrogens with zero attached hydrogens (tertiary/aromatic N) is 1. The fraction of sp³-hybridized carbons (Fsp3) is 0.455. The number of aromatic nitrogens is 1. The summed E-state index contributed by atoms with van der Waals surface area (Å²) in [5.74, 6) is -0.491. The van der Waals surface area contributed by atoms with Crippen LogP contribution in [0.1, 0.15) is 24.2 Å². The van der Waals surface area contributed by atoms with Crippen LogP contribution in [-0.4, -0.2) is 33.8 Å². The van der Waals surface area contributed by atoms with Gasteiger partial charge in [0.2, 0.25) is 0 Å². The van der Waals surface area contributed by atoms with Crippen LogP contribution < -0.4 is 5.32 Å². The number of pyridine rings is 1. The lowest BCUT2D eigenvalue weighted by Crippen LogP contribution is -2.30. The van der Waals surface area contributed by atoms with Crippen molar-refractivity contribution in [2.45, 2.75) is 19.9 Å². The number of carbonyl (C=O) groups is 1. The molecule has 0 aliphatic rings. The monoisotopic (exact) mass is 258 g/mol. The number of aromatic carboxylic acids is 1. The van der Waals surface area contributed by atoms with Crippen LogP contribution in [0.15, 0.2) is 12.3 Å². The summed E-state index contributed by atoms with van der Waals surface area (Å²) in [7, 11) is 0. The Labute approximate surface area is 104 Å². The molecule has 0 unspecified atom stereocenters. The van der Waals surface area contributed by atoms with Gasteiger partial charge >= 0.3 is 5.97 Å². The third kappa shape index (κ3) is 3.57. The van der Waals surface area contributed by atoms with Gasteiger partial charge in [-0.1, -0.05) is 25.4 Å². The van der Waals surface area contributed by atoms with Crippen molar-refractivity contribution in [3.63, 3.8) is 0 Å². The minimum absolute atomic E-state index is 0.0330. The van der Waals surface area contributed by atoms with Gasteiger partial charge < -0.3 is 15.5 Å². The van der Waals surface area contributed by atoms with E-state index < -0.39 is 5.97 Å². The third-order valence-corrected chi connectivity index (χ3v) is 2.70. The van der Waals surface area contributed by atoms with E-state index in [0.29, 0.717) is 5.82 Å². The fourth-order valence-electron chi connectivity index (χ4n) is 1.26. The SMILES string of the molecule is CC(C)[C@@H](CO)Nc1ncc(C(=O)O)cc1Cl. The van der Waals surface area contributed by atoms with E-state index in [9.17, 15) is 4.79 Å². The second-order valence-corrected chi connectivity index (χ2v) is 4.44. The number of aliphatic hydroxyl groups excluding tert-OH is 1. The molecule has 1 rings (SSSR count). The Morgan fingerprint density at radius 1 is 1.59 bits per heavy atom. The summed E-state index contributed by atoms with van der Waals surface area (Å²) >= 11 is 5.91. The van der Waals surface area contributed by atoms with Crippen LogP contribution in [0, 0.1) is 5.92 Å². The summed E-state index contributed by atoms with van der Waals surface area (Å²) < 4.78 is 0. The molecule has 0 radical (unpaired) electrons. The molecule has 0 aliphatic carbocycles. The molecular formula is C11H15ClN2O3. The van der Waals surface area contributed by atoms with Gasteiger partial charge in [0.25, 0.3) is 0 Å². The lowest BCUT2D eigenvalue weighted by atomic mass is 10.1. The van der Waals surface area contributed by atoms with Gasteiger partial charge in [0.05, 0.1) is 23.2 Å². The van der Waals surface area contributed by atoms with Gasteiger partial charge in [-0.3, -0.25) is 0 Å². The van der Waals surface area contributed by atoms with Gasteiger partial charge in [0.1, 0.15) is 5.82 Å². The average Bonchev–Trinajstić information content (AvgIpc) is 2.26. The Morgan fingerprint density at radius 2 is 2.24 bits per heavy atom. The highest BCUT2D eigenvalue weighted by Crippen LogP contribution is 2.22. The Balaban J connectivity index is 2.89. The first-order chi connectivity index (χ1) is 7.95. The molecular weight excluding hydrogens is 244 g/mol. The van der Waals surface area contributed by atoms with Crippen molar-refractivity contribution in [1.29, 1.82) is 0 Å². The summed E-state index contributed by atoms with van der Waals surface area (Å²) in [5, 5.41) is 21.1. The van der Waals surface area contributed by atoms with Gasteiger partial charge in [0.15, 0.2) is 0 Å². The number of hydrogen-bond acceptors (Lipinski definition) is 4. The highest BCUT2D eigenvalue weighted by molar-refractivity contribution is 6.33. The first-order valence-corrected chi connectivity index (χ1v) is 5.59. The van der Waals surface area contributed by atoms with Crippen LogP contribution in [-0.2, 0) is 0 Å². The van der Waals surface area contributed by atoms with Crippen molar-refractivity contribution in [1.82, 2.24) is 4.98 Å². The van der Waals surface area contributed by atoms with Crippen molar-refractivity contribution >= 4 is 23.4 Å². The minimum Gasteiger partial charge on any atom is -0.478 e. The zero-order chi connectivity index (χ0) is 13.0. The zero-order valence-corrected chi connectivity index (χ0v) is 10.4. The number of halogens is 1. The molecule has 94 valence electrons. The van der Waals surface area contributed by atoms with Gasteiger partial charge in [-0.15, -0.1) is 0 Å². The quantitative estimate of drug-likeness (QED) is 0.751. The lowest BCUT2D eigenvalue weighted by molar-refractivity contribution is 0.0696.